The molecule has 1 aliphatic heterocycles. The van der Waals surface area contributed by atoms with E-state index >= 15 is 0 Å². The summed E-state index contributed by atoms with van der Waals surface area (Å²) in [6.07, 6.45) is 9.92. The molecule has 31 heavy (non-hydrogen) atoms. The van der Waals surface area contributed by atoms with Crippen molar-refractivity contribution in [3.63, 3.8) is 0 Å². The van der Waals surface area contributed by atoms with Crippen molar-refractivity contribution in [2.75, 3.05) is 33.7 Å². The van der Waals surface area contributed by atoms with E-state index in [2.05, 4.69) is 27.1 Å². The number of nitrogens with one attached hydrogen (secondary N) is 3. The van der Waals surface area contributed by atoms with Gasteiger partial charge in [-0.2, -0.15) is 0 Å². The van der Waals surface area contributed by atoms with Crippen LogP contribution in [0.5, 0.6) is 0 Å². The molecular formula is C21H32N6O2S2. The van der Waals surface area contributed by atoms with Crippen molar-refractivity contribution in [2.45, 2.75) is 50.9 Å². The number of likely N-dealkylation sites (tertiary alicyclic amines) is 1. The smallest absolute Gasteiger partial charge is 0.317 e. The Bertz CT molecular complexity index is 817. The predicted molar refractivity (Wildman–Crippen MR) is 127 cm³/mol. The monoisotopic (exact) mass is 464 g/mol. The van der Waals surface area contributed by atoms with Crippen LogP contribution in [0.15, 0.2) is 17.0 Å². The number of carbonyl (C=O) groups is 2. The van der Waals surface area contributed by atoms with Gasteiger partial charge < -0.3 is 15.5 Å². The second kappa shape index (κ2) is 11.4. The Morgan fingerprint density at radius 2 is 2.10 bits per heavy atom. The average molecular weight is 465 g/mol. The maximum atomic E-state index is 12.5. The van der Waals surface area contributed by atoms with Crippen LogP contribution in [-0.4, -0.2) is 65.7 Å². The van der Waals surface area contributed by atoms with Crippen LogP contribution < -0.4 is 16.1 Å². The summed E-state index contributed by atoms with van der Waals surface area (Å²) < 4.78 is 0. The molecule has 0 atom stereocenters. The standard InChI is InChI=1S/C21H32N6O2S2/c1-22-21(30)26(2)25-18(28)17-14-31-19(24-17)16-9-12-27(13-10-16)20(29)23-11-8-15-6-4-3-5-7-15/h6,14,16H,3-5,7-13H2,1-2H3,(H,22,30)(H,23,29)(H,25,28). The normalized spacial score (nSPS) is 17.0. The van der Waals surface area contributed by atoms with Gasteiger partial charge in [0.25, 0.3) is 5.91 Å². The number of rotatable bonds is 5. The highest BCUT2D eigenvalue weighted by atomic mass is 32.1. The summed E-state index contributed by atoms with van der Waals surface area (Å²) in [4.78, 5) is 31.3. The molecule has 1 aliphatic carbocycles. The zero-order valence-corrected chi connectivity index (χ0v) is 19.9. The van der Waals surface area contributed by atoms with Crippen molar-refractivity contribution in [1.82, 2.24) is 31.0 Å². The minimum absolute atomic E-state index is 0.0256. The third kappa shape index (κ3) is 6.64. The molecule has 0 spiro atoms. The molecule has 0 bridgehead atoms. The highest BCUT2D eigenvalue weighted by molar-refractivity contribution is 7.80. The third-order valence-corrected chi connectivity index (χ3v) is 7.27. The van der Waals surface area contributed by atoms with Gasteiger partial charge in [0.15, 0.2) is 5.11 Å². The Kier molecular flexibility index (Phi) is 8.65. The van der Waals surface area contributed by atoms with Crippen LogP contribution in [-0.2, 0) is 0 Å². The van der Waals surface area contributed by atoms with Gasteiger partial charge in [-0.1, -0.05) is 11.6 Å². The number of piperidine rings is 1. The summed E-state index contributed by atoms with van der Waals surface area (Å²) in [5.41, 5.74) is 4.57. The van der Waals surface area contributed by atoms with Crippen LogP contribution in [0, 0.1) is 0 Å². The molecule has 3 N–H and O–H groups in total. The Labute approximate surface area is 193 Å². The SMILES string of the molecule is CNC(=S)N(C)NC(=O)c1csc(C2CCN(C(=O)NCCC3=CCCCC3)CC2)n1. The van der Waals surface area contributed by atoms with Crippen molar-refractivity contribution in [3.05, 3.63) is 27.7 Å². The van der Waals surface area contributed by atoms with Crippen LogP contribution >= 0.6 is 23.6 Å². The fourth-order valence-corrected chi connectivity index (χ4v) is 4.93. The van der Waals surface area contributed by atoms with E-state index in [0.29, 0.717) is 30.4 Å². The van der Waals surface area contributed by atoms with E-state index in [-0.39, 0.29) is 17.9 Å². The van der Waals surface area contributed by atoms with E-state index in [9.17, 15) is 9.59 Å². The van der Waals surface area contributed by atoms with Gasteiger partial charge in [-0.25, -0.2) is 9.78 Å². The summed E-state index contributed by atoms with van der Waals surface area (Å²) >= 11 is 6.59. The third-order valence-electron chi connectivity index (χ3n) is 5.78. The maximum absolute atomic E-state index is 12.5. The summed E-state index contributed by atoms with van der Waals surface area (Å²) in [7, 11) is 3.38. The molecular weight excluding hydrogens is 432 g/mol. The molecule has 2 heterocycles. The average Bonchev–Trinajstić information content (AvgIpc) is 3.29. The molecule has 3 rings (SSSR count). The largest absolute Gasteiger partial charge is 0.364 e. The van der Waals surface area contributed by atoms with E-state index in [1.165, 1.54) is 47.6 Å². The lowest BCUT2D eigenvalue weighted by molar-refractivity contribution is 0.0882. The molecule has 1 aromatic heterocycles. The highest BCUT2D eigenvalue weighted by Gasteiger charge is 2.26. The van der Waals surface area contributed by atoms with Crippen molar-refractivity contribution in [1.29, 1.82) is 0 Å². The number of thiocarbonyl (C=S) groups is 1. The topological polar surface area (TPSA) is 89.6 Å². The number of hydrogen-bond acceptors (Lipinski definition) is 5. The van der Waals surface area contributed by atoms with Gasteiger partial charge in [-0.3, -0.25) is 15.2 Å². The molecule has 1 aromatic rings. The summed E-state index contributed by atoms with van der Waals surface area (Å²) in [6.45, 7) is 2.12. The summed E-state index contributed by atoms with van der Waals surface area (Å²) in [5.74, 6) is -0.00777. The first kappa shape index (κ1) is 23.5. The Morgan fingerprint density at radius 3 is 2.77 bits per heavy atom. The van der Waals surface area contributed by atoms with E-state index < -0.39 is 0 Å². The first-order valence-electron chi connectivity index (χ1n) is 10.9. The van der Waals surface area contributed by atoms with E-state index in [0.717, 1.165) is 24.3 Å². The van der Waals surface area contributed by atoms with Crippen molar-refractivity contribution in [3.8, 4) is 0 Å². The number of thiazole rings is 1. The first-order chi connectivity index (χ1) is 15.0. The molecule has 170 valence electrons. The zero-order valence-electron chi connectivity index (χ0n) is 18.3. The number of hydrogen-bond donors (Lipinski definition) is 3. The molecule has 1 saturated heterocycles. The molecule has 0 unspecified atom stereocenters. The fourth-order valence-electron chi connectivity index (χ4n) is 3.91. The number of allylic oxidation sites excluding steroid dienone is 1. The predicted octanol–water partition coefficient (Wildman–Crippen LogP) is 3.00. The molecule has 3 amide bonds. The van der Waals surface area contributed by atoms with E-state index in [1.54, 1.807) is 19.5 Å². The Balaban J connectivity index is 1.42. The number of urea groups is 1. The van der Waals surface area contributed by atoms with Crippen molar-refractivity contribution < 1.29 is 9.59 Å². The second-order valence-corrected chi connectivity index (χ2v) is 9.25. The van der Waals surface area contributed by atoms with Gasteiger partial charge in [0.05, 0.1) is 5.01 Å². The van der Waals surface area contributed by atoms with Crippen LogP contribution in [0.25, 0.3) is 0 Å². The second-order valence-electron chi connectivity index (χ2n) is 7.98. The number of hydrazine groups is 1. The van der Waals surface area contributed by atoms with Crippen molar-refractivity contribution in [2.24, 2.45) is 0 Å². The lowest BCUT2D eigenvalue weighted by atomic mass is 9.97. The maximum Gasteiger partial charge on any atom is 0.317 e. The van der Waals surface area contributed by atoms with Gasteiger partial charge in [0.2, 0.25) is 0 Å². The number of amides is 3. The first-order valence-corrected chi connectivity index (χ1v) is 12.2. The van der Waals surface area contributed by atoms with Crippen LogP contribution in [0.1, 0.15) is 66.4 Å². The molecule has 0 radical (unpaired) electrons. The molecule has 8 nitrogen and oxygen atoms in total. The minimum atomic E-state index is -0.285. The van der Waals surface area contributed by atoms with Gasteiger partial charge in [-0.15, -0.1) is 11.3 Å². The number of nitrogens with zero attached hydrogens (tertiary/aromatic N) is 3. The molecule has 10 heteroatoms. The summed E-state index contributed by atoms with van der Waals surface area (Å²) in [5, 5.41) is 10.5. The van der Waals surface area contributed by atoms with Crippen LogP contribution in [0.4, 0.5) is 4.79 Å². The van der Waals surface area contributed by atoms with E-state index in [4.69, 9.17) is 12.2 Å². The number of carbonyl (C=O) groups excluding carboxylic acids is 2. The Morgan fingerprint density at radius 1 is 1.32 bits per heavy atom. The van der Waals surface area contributed by atoms with Crippen molar-refractivity contribution >= 4 is 40.6 Å². The minimum Gasteiger partial charge on any atom is -0.364 e. The van der Waals surface area contributed by atoms with Gasteiger partial charge >= 0.3 is 6.03 Å². The van der Waals surface area contributed by atoms with Gasteiger partial charge in [0, 0.05) is 45.0 Å². The van der Waals surface area contributed by atoms with E-state index in [1.807, 2.05) is 4.90 Å². The fraction of sp³-hybridized carbons (Fsp3) is 0.619. The zero-order chi connectivity index (χ0) is 22.2. The van der Waals surface area contributed by atoms with Gasteiger partial charge in [-0.05, 0) is 57.2 Å². The molecule has 0 aromatic carbocycles. The highest BCUT2D eigenvalue weighted by Crippen LogP contribution is 2.30. The lowest BCUT2D eigenvalue weighted by Crippen LogP contribution is -2.47. The quantitative estimate of drug-likeness (QED) is 0.353. The number of aromatic nitrogens is 1. The molecule has 2 aliphatic rings. The Hall–Kier alpha value is -2.20. The van der Waals surface area contributed by atoms with Gasteiger partial charge in [0.1, 0.15) is 5.69 Å². The molecule has 0 saturated carbocycles. The van der Waals surface area contributed by atoms with Crippen LogP contribution in [0.3, 0.4) is 0 Å². The summed E-state index contributed by atoms with van der Waals surface area (Å²) in [6, 6.07) is 0.0256. The lowest BCUT2D eigenvalue weighted by Gasteiger charge is -2.31. The molecule has 1 fully saturated rings. The van der Waals surface area contributed by atoms with Crippen LogP contribution in [0.2, 0.25) is 0 Å².